The number of nitrogens with one attached hydrogen (secondary N) is 1. The van der Waals surface area contributed by atoms with Crippen LogP contribution in [0.2, 0.25) is 5.02 Å². The number of halogens is 1. The summed E-state index contributed by atoms with van der Waals surface area (Å²) in [5, 5.41) is 5.47. The Bertz CT molecular complexity index is 1070. The molecule has 212 valence electrons. The van der Waals surface area contributed by atoms with E-state index in [9.17, 15) is 4.79 Å². The number of nitrogens with zero attached hydrogens (tertiary/aromatic N) is 1. The summed E-state index contributed by atoms with van der Waals surface area (Å²) in [7, 11) is 0. The summed E-state index contributed by atoms with van der Waals surface area (Å²) in [5.74, 6) is 0.933. The largest absolute Gasteiger partial charge is 0.492 e. The molecule has 0 unspecified atom stereocenters. The second-order valence-corrected chi connectivity index (χ2v) is 11.2. The van der Waals surface area contributed by atoms with Crippen LogP contribution >= 0.6 is 22.9 Å². The van der Waals surface area contributed by atoms with Gasteiger partial charge in [0, 0.05) is 17.3 Å². The Morgan fingerprint density at radius 3 is 2.18 bits per heavy atom. The number of hydrogen-bond acceptors (Lipinski definition) is 4. The van der Waals surface area contributed by atoms with E-state index < -0.39 is 0 Å². The molecular weight excluding hydrogens is 528 g/mol. The van der Waals surface area contributed by atoms with Crippen molar-refractivity contribution in [2.24, 2.45) is 0 Å². The summed E-state index contributed by atoms with van der Waals surface area (Å²) in [6.07, 6.45) is 17.8. The topological polar surface area (TPSA) is 51.4 Å². The number of amides is 1. The van der Waals surface area contributed by atoms with E-state index in [1.807, 2.05) is 35.8 Å². The molecule has 5 nitrogen and oxygen atoms in total. The summed E-state index contributed by atoms with van der Waals surface area (Å²) in [6.45, 7) is 3.61. The maximum atomic E-state index is 12.4. The van der Waals surface area contributed by atoms with Gasteiger partial charge in [0.2, 0.25) is 5.51 Å². The molecule has 7 heteroatoms. The third kappa shape index (κ3) is 12.9. The first-order valence-electron chi connectivity index (χ1n) is 14.5. The summed E-state index contributed by atoms with van der Waals surface area (Å²) in [6, 6.07) is 13.1. The molecule has 1 aromatic heterocycles. The second-order valence-electron chi connectivity index (χ2n) is 10.1. The Balaban J connectivity index is 1.27. The van der Waals surface area contributed by atoms with E-state index in [-0.39, 0.29) is 12.5 Å². The number of thiazole rings is 1. The SMILES string of the molecule is CCCCCCCCCCCCCCOc1cc(OCC(=O)Nc2ccc(C[n+]3ccsc3)cc2)ccc1Cl. The third-order valence-electron chi connectivity index (χ3n) is 6.66. The highest BCUT2D eigenvalue weighted by atomic mass is 35.5. The number of ether oxygens (including phenoxy) is 2. The second kappa shape index (κ2) is 18.7. The molecule has 1 amide bonds. The molecular formula is C32H44ClN2O3S+. The fraction of sp³-hybridized carbons (Fsp3) is 0.500. The Kier molecular flexibility index (Phi) is 14.8. The van der Waals surface area contributed by atoms with Crippen molar-refractivity contribution in [3.63, 3.8) is 0 Å². The highest BCUT2D eigenvalue weighted by molar-refractivity contribution is 7.07. The molecule has 39 heavy (non-hydrogen) atoms. The van der Waals surface area contributed by atoms with Crippen LogP contribution in [0.15, 0.2) is 59.6 Å². The van der Waals surface area contributed by atoms with Crippen LogP contribution in [-0.2, 0) is 11.3 Å². The summed E-state index contributed by atoms with van der Waals surface area (Å²) >= 11 is 7.98. The highest BCUT2D eigenvalue weighted by Crippen LogP contribution is 2.29. The predicted octanol–water partition coefficient (Wildman–Crippen LogP) is 8.83. The lowest BCUT2D eigenvalue weighted by Gasteiger charge is -2.11. The average Bonchev–Trinajstić information content (AvgIpc) is 3.45. The minimum absolute atomic E-state index is 0.0910. The molecule has 1 N–H and O–H groups in total. The van der Waals surface area contributed by atoms with Gasteiger partial charge in [-0.15, -0.1) is 0 Å². The van der Waals surface area contributed by atoms with Gasteiger partial charge in [0.05, 0.1) is 17.0 Å². The molecule has 0 atom stereocenters. The Hall–Kier alpha value is -2.57. The van der Waals surface area contributed by atoms with Gasteiger partial charge in [0.25, 0.3) is 5.91 Å². The zero-order valence-corrected chi connectivity index (χ0v) is 24.9. The molecule has 1 heterocycles. The summed E-state index contributed by atoms with van der Waals surface area (Å²) in [5.41, 5.74) is 3.98. The molecule has 2 aromatic carbocycles. The normalized spacial score (nSPS) is 10.9. The van der Waals surface area contributed by atoms with Gasteiger partial charge >= 0.3 is 0 Å². The van der Waals surface area contributed by atoms with Gasteiger partial charge in [-0.3, -0.25) is 4.79 Å². The molecule has 0 fully saturated rings. The van der Waals surface area contributed by atoms with E-state index in [2.05, 4.69) is 22.3 Å². The van der Waals surface area contributed by atoms with Crippen LogP contribution in [-0.4, -0.2) is 19.1 Å². The first-order chi connectivity index (χ1) is 19.1. The summed E-state index contributed by atoms with van der Waals surface area (Å²) < 4.78 is 13.7. The van der Waals surface area contributed by atoms with E-state index in [1.54, 1.807) is 29.5 Å². The lowest BCUT2D eigenvalue weighted by atomic mass is 10.1. The van der Waals surface area contributed by atoms with Crippen LogP contribution in [0.25, 0.3) is 0 Å². The van der Waals surface area contributed by atoms with Crippen LogP contribution in [0.4, 0.5) is 5.69 Å². The van der Waals surface area contributed by atoms with Gasteiger partial charge < -0.3 is 14.8 Å². The van der Waals surface area contributed by atoms with Gasteiger partial charge in [0.15, 0.2) is 19.3 Å². The maximum absolute atomic E-state index is 12.4. The standard InChI is InChI=1S/C32H43ClN2O3S/c1-2-3-4-5-6-7-8-9-10-11-12-13-21-37-31-23-29(18-19-30(31)33)38-25-32(36)34-28-16-14-27(15-17-28)24-35-20-22-39-26-35/h14-20,22-23,26H,2-13,21,24-25H2,1H3/p+1. The molecule has 0 saturated carbocycles. The van der Waals surface area contributed by atoms with Crippen molar-refractivity contribution in [2.75, 3.05) is 18.5 Å². The van der Waals surface area contributed by atoms with Gasteiger partial charge in [-0.25, -0.2) is 0 Å². The first-order valence-corrected chi connectivity index (χ1v) is 15.8. The van der Waals surface area contributed by atoms with Gasteiger partial charge in [-0.2, -0.15) is 4.57 Å². The lowest BCUT2D eigenvalue weighted by Crippen LogP contribution is -2.30. The number of anilines is 1. The van der Waals surface area contributed by atoms with Gasteiger partial charge in [0.1, 0.15) is 11.5 Å². The smallest absolute Gasteiger partial charge is 0.262 e. The van der Waals surface area contributed by atoms with Crippen molar-refractivity contribution < 1.29 is 18.8 Å². The molecule has 0 aliphatic rings. The van der Waals surface area contributed by atoms with Crippen molar-refractivity contribution in [2.45, 2.75) is 90.5 Å². The van der Waals surface area contributed by atoms with E-state index in [4.69, 9.17) is 21.1 Å². The fourth-order valence-corrected chi connectivity index (χ4v) is 5.18. The van der Waals surface area contributed by atoms with Crippen LogP contribution < -0.4 is 19.4 Å². The zero-order chi connectivity index (χ0) is 27.5. The van der Waals surface area contributed by atoms with Crippen LogP contribution in [0, 0.1) is 0 Å². The fourth-order valence-electron chi connectivity index (χ4n) is 4.41. The number of hydrogen-bond donors (Lipinski definition) is 1. The highest BCUT2D eigenvalue weighted by Gasteiger charge is 2.09. The quantitative estimate of drug-likeness (QED) is 0.109. The average molecular weight is 572 g/mol. The monoisotopic (exact) mass is 571 g/mol. The Morgan fingerprint density at radius 2 is 1.54 bits per heavy atom. The van der Waals surface area contributed by atoms with Gasteiger partial charge in [-0.05, 0) is 30.7 Å². The van der Waals surface area contributed by atoms with Crippen molar-refractivity contribution >= 4 is 34.5 Å². The van der Waals surface area contributed by atoms with Crippen molar-refractivity contribution in [1.29, 1.82) is 0 Å². The lowest BCUT2D eigenvalue weighted by molar-refractivity contribution is -0.683. The van der Waals surface area contributed by atoms with Crippen LogP contribution in [0.1, 0.15) is 89.5 Å². The molecule has 0 bridgehead atoms. The molecule has 3 rings (SSSR count). The maximum Gasteiger partial charge on any atom is 0.262 e. The number of rotatable bonds is 20. The van der Waals surface area contributed by atoms with E-state index in [0.717, 1.165) is 25.1 Å². The minimum atomic E-state index is -0.219. The van der Waals surface area contributed by atoms with Crippen LogP contribution in [0.3, 0.4) is 0 Å². The predicted molar refractivity (Wildman–Crippen MR) is 162 cm³/mol. The number of unbranched alkanes of at least 4 members (excludes halogenated alkanes) is 11. The van der Waals surface area contributed by atoms with Crippen molar-refractivity contribution in [3.05, 3.63) is 70.1 Å². The number of carbonyl (C=O) groups excluding carboxylic acids is 1. The van der Waals surface area contributed by atoms with Crippen molar-refractivity contribution in [1.82, 2.24) is 0 Å². The number of aromatic nitrogens is 1. The molecule has 0 aliphatic carbocycles. The Morgan fingerprint density at radius 1 is 0.872 bits per heavy atom. The minimum Gasteiger partial charge on any atom is -0.492 e. The van der Waals surface area contributed by atoms with E-state index >= 15 is 0 Å². The van der Waals surface area contributed by atoms with E-state index in [1.165, 1.54) is 69.8 Å². The molecule has 0 spiro atoms. The molecule has 0 aliphatic heterocycles. The number of benzene rings is 2. The Labute approximate surface area is 243 Å². The van der Waals surface area contributed by atoms with Crippen LogP contribution in [0.5, 0.6) is 11.5 Å². The van der Waals surface area contributed by atoms with Gasteiger partial charge in [-0.1, -0.05) is 113 Å². The summed E-state index contributed by atoms with van der Waals surface area (Å²) in [4.78, 5) is 12.4. The molecule has 3 aromatic rings. The zero-order valence-electron chi connectivity index (χ0n) is 23.3. The molecule has 0 saturated heterocycles. The van der Waals surface area contributed by atoms with Crippen molar-refractivity contribution in [3.8, 4) is 11.5 Å². The number of carbonyl (C=O) groups is 1. The van der Waals surface area contributed by atoms with E-state index in [0.29, 0.717) is 23.1 Å². The first kappa shape index (κ1) is 31.0. The molecule has 0 radical (unpaired) electrons. The third-order valence-corrected chi connectivity index (χ3v) is 7.64.